The van der Waals surface area contributed by atoms with E-state index in [2.05, 4.69) is 15.7 Å². The SMILES string of the molecule is COC1(CNCc2cscn2)CCC1. The van der Waals surface area contributed by atoms with Gasteiger partial charge in [0.1, 0.15) is 0 Å². The molecule has 3 nitrogen and oxygen atoms in total. The lowest BCUT2D eigenvalue weighted by Gasteiger charge is -2.40. The molecule has 0 aliphatic heterocycles. The number of hydrogen-bond donors (Lipinski definition) is 1. The Morgan fingerprint density at radius 3 is 3.00 bits per heavy atom. The van der Waals surface area contributed by atoms with Crippen LogP contribution in [0.15, 0.2) is 10.9 Å². The van der Waals surface area contributed by atoms with Crippen molar-refractivity contribution in [1.29, 1.82) is 0 Å². The van der Waals surface area contributed by atoms with Crippen molar-refractivity contribution in [2.75, 3.05) is 13.7 Å². The summed E-state index contributed by atoms with van der Waals surface area (Å²) in [5.41, 5.74) is 3.11. The van der Waals surface area contributed by atoms with Gasteiger partial charge < -0.3 is 10.1 Å². The van der Waals surface area contributed by atoms with Gasteiger partial charge in [0.2, 0.25) is 0 Å². The number of aromatic nitrogens is 1. The number of thiazole rings is 1. The lowest BCUT2D eigenvalue weighted by molar-refractivity contribution is -0.0695. The maximum atomic E-state index is 5.51. The normalized spacial score (nSPS) is 19.2. The number of hydrogen-bond acceptors (Lipinski definition) is 4. The summed E-state index contributed by atoms with van der Waals surface area (Å²) < 4.78 is 5.51. The maximum absolute atomic E-state index is 5.51. The highest BCUT2D eigenvalue weighted by molar-refractivity contribution is 7.07. The first kappa shape index (κ1) is 10.1. The Kier molecular flexibility index (Phi) is 3.15. The number of nitrogens with zero attached hydrogens (tertiary/aromatic N) is 1. The summed E-state index contributed by atoms with van der Waals surface area (Å²) in [6.45, 7) is 1.80. The molecular formula is C10H16N2OS. The Hall–Kier alpha value is -0.450. The fourth-order valence-electron chi connectivity index (χ4n) is 1.77. The monoisotopic (exact) mass is 212 g/mol. The largest absolute Gasteiger partial charge is 0.377 e. The van der Waals surface area contributed by atoms with E-state index in [1.165, 1.54) is 19.3 Å². The van der Waals surface area contributed by atoms with Crippen molar-refractivity contribution < 1.29 is 4.74 Å². The zero-order valence-corrected chi connectivity index (χ0v) is 9.27. The molecule has 0 unspecified atom stereocenters. The molecule has 0 bridgehead atoms. The summed E-state index contributed by atoms with van der Waals surface area (Å²) in [6.07, 6.45) is 3.67. The van der Waals surface area contributed by atoms with Crippen molar-refractivity contribution in [3.05, 3.63) is 16.6 Å². The summed E-state index contributed by atoms with van der Waals surface area (Å²) in [7, 11) is 1.81. The van der Waals surface area contributed by atoms with E-state index in [4.69, 9.17) is 4.74 Å². The smallest absolute Gasteiger partial charge is 0.0802 e. The van der Waals surface area contributed by atoms with E-state index < -0.39 is 0 Å². The Morgan fingerprint density at radius 1 is 1.64 bits per heavy atom. The van der Waals surface area contributed by atoms with Crippen LogP contribution in [-0.4, -0.2) is 24.2 Å². The predicted molar refractivity (Wildman–Crippen MR) is 57.4 cm³/mol. The molecule has 0 radical (unpaired) electrons. The topological polar surface area (TPSA) is 34.1 Å². The molecular weight excluding hydrogens is 196 g/mol. The van der Waals surface area contributed by atoms with Gasteiger partial charge in [-0.05, 0) is 19.3 Å². The molecule has 0 saturated heterocycles. The third kappa shape index (κ3) is 2.13. The lowest BCUT2D eigenvalue weighted by atomic mass is 9.80. The molecule has 0 atom stereocenters. The van der Waals surface area contributed by atoms with E-state index in [-0.39, 0.29) is 5.60 Å². The van der Waals surface area contributed by atoms with Crippen molar-refractivity contribution in [2.24, 2.45) is 0 Å². The van der Waals surface area contributed by atoms with Gasteiger partial charge in [0.25, 0.3) is 0 Å². The summed E-state index contributed by atoms with van der Waals surface area (Å²) in [4.78, 5) is 4.22. The third-order valence-electron chi connectivity index (χ3n) is 2.93. The van der Waals surface area contributed by atoms with Crippen LogP contribution in [0.2, 0.25) is 0 Å². The summed E-state index contributed by atoms with van der Waals surface area (Å²) in [6, 6.07) is 0. The van der Waals surface area contributed by atoms with Crippen molar-refractivity contribution >= 4 is 11.3 Å². The van der Waals surface area contributed by atoms with Crippen LogP contribution in [0.4, 0.5) is 0 Å². The molecule has 1 fully saturated rings. The van der Waals surface area contributed by atoms with Crippen LogP contribution in [0.1, 0.15) is 25.0 Å². The molecule has 1 aliphatic carbocycles. The summed E-state index contributed by atoms with van der Waals surface area (Å²) >= 11 is 1.64. The van der Waals surface area contributed by atoms with Crippen LogP contribution < -0.4 is 5.32 Å². The molecule has 1 aromatic heterocycles. The highest BCUT2D eigenvalue weighted by Crippen LogP contribution is 2.34. The molecule has 4 heteroatoms. The third-order valence-corrected chi connectivity index (χ3v) is 3.57. The van der Waals surface area contributed by atoms with E-state index in [1.54, 1.807) is 11.3 Å². The molecule has 1 N–H and O–H groups in total. The molecule has 78 valence electrons. The van der Waals surface area contributed by atoms with Gasteiger partial charge in [0, 0.05) is 25.6 Å². The van der Waals surface area contributed by atoms with Gasteiger partial charge >= 0.3 is 0 Å². The quantitative estimate of drug-likeness (QED) is 0.808. The first-order valence-corrected chi connectivity index (χ1v) is 5.92. The van der Waals surface area contributed by atoms with Gasteiger partial charge in [-0.3, -0.25) is 0 Å². The van der Waals surface area contributed by atoms with E-state index >= 15 is 0 Å². The molecule has 1 aromatic rings. The second-order valence-electron chi connectivity index (χ2n) is 3.82. The molecule has 0 aromatic carbocycles. The van der Waals surface area contributed by atoms with E-state index in [0.717, 1.165) is 18.8 Å². The highest BCUT2D eigenvalue weighted by Gasteiger charge is 2.36. The molecule has 1 saturated carbocycles. The zero-order valence-electron chi connectivity index (χ0n) is 8.45. The fourth-order valence-corrected chi connectivity index (χ4v) is 2.33. The number of methoxy groups -OCH3 is 1. The van der Waals surface area contributed by atoms with E-state index in [9.17, 15) is 0 Å². The Balaban J connectivity index is 1.72. The molecule has 14 heavy (non-hydrogen) atoms. The molecule has 0 amide bonds. The zero-order chi connectivity index (χ0) is 9.86. The summed E-state index contributed by atoms with van der Waals surface area (Å²) in [5, 5.41) is 5.48. The van der Waals surface area contributed by atoms with E-state index in [1.807, 2.05) is 12.6 Å². The lowest BCUT2D eigenvalue weighted by Crippen LogP contribution is -2.47. The minimum atomic E-state index is 0.121. The average molecular weight is 212 g/mol. The standard InChI is InChI=1S/C10H16N2OS/c1-13-10(3-2-4-10)7-11-5-9-6-14-8-12-9/h6,8,11H,2-5,7H2,1H3. The second-order valence-corrected chi connectivity index (χ2v) is 4.54. The molecule has 1 heterocycles. The molecule has 2 rings (SSSR count). The van der Waals surface area contributed by atoms with Crippen molar-refractivity contribution in [3.8, 4) is 0 Å². The van der Waals surface area contributed by atoms with Crippen LogP contribution in [0.5, 0.6) is 0 Å². The minimum Gasteiger partial charge on any atom is -0.377 e. The average Bonchev–Trinajstić information content (AvgIpc) is 2.62. The first-order valence-electron chi connectivity index (χ1n) is 4.98. The van der Waals surface area contributed by atoms with Crippen molar-refractivity contribution in [1.82, 2.24) is 10.3 Å². The van der Waals surface area contributed by atoms with Crippen molar-refractivity contribution in [3.63, 3.8) is 0 Å². The Bertz CT molecular complexity index is 264. The van der Waals surface area contributed by atoms with Gasteiger partial charge in [-0.1, -0.05) is 0 Å². The summed E-state index contributed by atoms with van der Waals surface area (Å²) in [5.74, 6) is 0. The number of nitrogens with one attached hydrogen (secondary N) is 1. The van der Waals surface area contributed by atoms with Crippen LogP contribution >= 0.6 is 11.3 Å². The van der Waals surface area contributed by atoms with Gasteiger partial charge in [0.15, 0.2) is 0 Å². The predicted octanol–water partition coefficient (Wildman–Crippen LogP) is 1.80. The highest BCUT2D eigenvalue weighted by atomic mass is 32.1. The van der Waals surface area contributed by atoms with Crippen LogP contribution in [0.25, 0.3) is 0 Å². The Labute approximate surface area is 88.5 Å². The molecule has 1 aliphatic rings. The first-order chi connectivity index (χ1) is 6.85. The Morgan fingerprint density at radius 2 is 2.50 bits per heavy atom. The van der Waals surface area contributed by atoms with Crippen LogP contribution in [0, 0.1) is 0 Å². The van der Waals surface area contributed by atoms with Crippen molar-refractivity contribution in [2.45, 2.75) is 31.4 Å². The van der Waals surface area contributed by atoms with Gasteiger partial charge in [-0.15, -0.1) is 11.3 Å². The number of rotatable bonds is 5. The minimum absolute atomic E-state index is 0.121. The fraction of sp³-hybridized carbons (Fsp3) is 0.700. The maximum Gasteiger partial charge on any atom is 0.0802 e. The second kappa shape index (κ2) is 4.38. The van der Waals surface area contributed by atoms with Crippen LogP contribution in [0.3, 0.4) is 0 Å². The van der Waals surface area contributed by atoms with Gasteiger partial charge in [0.05, 0.1) is 16.8 Å². The van der Waals surface area contributed by atoms with Crippen LogP contribution in [-0.2, 0) is 11.3 Å². The van der Waals surface area contributed by atoms with E-state index in [0.29, 0.717) is 0 Å². The molecule has 0 spiro atoms. The van der Waals surface area contributed by atoms with Gasteiger partial charge in [-0.2, -0.15) is 0 Å². The van der Waals surface area contributed by atoms with Gasteiger partial charge in [-0.25, -0.2) is 4.98 Å². The number of ether oxygens (including phenoxy) is 1.